The average molecular weight is 338 g/mol. The lowest BCUT2D eigenvalue weighted by molar-refractivity contribution is -0.118. The third-order valence-electron chi connectivity index (χ3n) is 3.70. The molecule has 0 N–H and O–H groups in total. The van der Waals surface area contributed by atoms with Crippen LogP contribution in [0.1, 0.15) is 48.5 Å². The normalized spacial score (nSPS) is 18.9. The molecule has 3 nitrogen and oxygen atoms in total. The zero-order chi connectivity index (χ0) is 14.7. The molecular formula is C16H20BrNO2. The summed E-state index contributed by atoms with van der Waals surface area (Å²) >= 11 is 3.44. The number of aryl methyl sites for hydroxylation is 1. The van der Waals surface area contributed by atoms with Crippen molar-refractivity contribution in [1.29, 1.82) is 0 Å². The largest absolute Gasteiger partial charge is 0.335 e. The van der Waals surface area contributed by atoms with Gasteiger partial charge < -0.3 is 4.90 Å². The van der Waals surface area contributed by atoms with Crippen LogP contribution in [0.5, 0.6) is 0 Å². The number of halogens is 1. The van der Waals surface area contributed by atoms with Gasteiger partial charge in [-0.05, 0) is 56.9 Å². The van der Waals surface area contributed by atoms with E-state index < -0.39 is 0 Å². The fraction of sp³-hybridized carbons (Fsp3) is 0.500. The van der Waals surface area contributed by atoms with E-state index in [2.05, 4.69) is 15.9 Å². The number of amides is 1. The van der Waals surface area contributed by atoms with E-state index in [0.29, 0.717) is 12.0 Å². The Hall–Kier alpha value is -1.16. The number of ketones is 1. The van der Waals surface area contributed by atoms with Crippen LogP contribution in [0.15, 0.2) is 22.7 Å². The number of carbonyl (C=O) groups excluding carboxylic acids is 2. The number of likely N-dealkylation sites (tertiary alicyclic amines) is 1. The number of rotatable bonds is 3. The molecule has 1 aliphatic heterocycles. The van der Waals surface area contributed by atoms with Crippen molar-refractivity contribution >= 4 is 27.6 Å². The Labute approximate surface area is 128 Å². The lowest BCUT2D eigenvalue weighted by Gasteiger charge is -2.35. The van der Waals surface area contributed by atoms with Crippen molar-refractivity contribution in [3.8, 4) is 0 Å². The molecule has 1 saturated heterocycles. The van der Waals surface area contributed by atoms with Crippen LogP contribution in [0.2, 0.25) is 0 Å². The highest BCUT2D eigenvalue weighted by Crippen LogP contribution is 2.24. The zero-order valence-corrected chi connectivity index (χ0v) is 13.6. The Bertz CT molecular complexity index is 507. The van der Waals surface area contributed by atoms with Crippen LogP contribution in [0.3, 0.4) is 0 Å². The van der Waals surface area contributed by atoms with Gasteiger partial charge in [-0.15, -0.1) is 0 Å². The Morgan fingerprint density at radius 1 is 1.30 bits per heavy atom. The first-order valence-corrected chi connectivity index (χ1v) is 7.84. The molecule has 1 heterocycles. The molecule has 1 fully saturated rings. The number of nitrogens with zero attached hydrogens (tertiary/aromatic N) is 1. The molecule has 20 heavy (non-hydrogen) atoms. The van der Waals surface area contributed by atoms with E-state index >= 15 is 0 Å². The molecule has 1 aromatic rings. The van der Waals surface area contributed by atoms with E-state index in [1.165, 1.54) is 0 Å². The van der Waals surface area contributed by atoms with Crippen molar-refractivity contribution in [2.24, 2.45) is 0 Å². The molecule has 1 unspecified atom stereocenters. The number of hydrogen-bond acceptors (Lipinski definition) is 2. The Morgan fingerprint density at radius 2 is 2.05 bits per heavy atom. The van der Waals surface area contributed by atoms with Gasteiger partial charge in [0.25, 0.3) is 5.91 Å². The third kappa shape index (κ3) is 3.69. The average Bonchev–Trinajstić information content (AvgIpc) is 2.36. The first-order valence-electron chi connectivity index (χ1n) is 7.05. The smallest absolute Gasteiger partial charge is 0.254 e. The van der Waals surface area contributed by atoms with E-state index in [9.17, 15) is 9.59 Å². The van der Waals surface area contributed by atoms with E-state index in [1.807, 2.05) is 30.0 Å². The molecule has 108 valence electrons. The summed E-state index contributed by atoms with van der Waals surface area (Å²) in [5, 5.41) is 0. The van der Waals surface area contributed by atoms with Gasteiger partial charge in [-0.3, -0.25) is 9.59 Å². The molecule has 0 spiro atoms. The first kappa shape index (κ1) is 15.2. The number of Topliss-reactive ketones (excluding diaryl/α,β-unsaturated/α-hetero) is 1. The second-order valence-electron chi connectivity index (χ2n) is 5.57. The lowest BCUT2D eigenvalue weighted by Crippen LogP contribution is -2.44. The summed E-state index contributed by atoms with van der Waals surface area (Å²) in [6, 6.07) is 5.81. The van der Waals surface area contributed by atoms with Gasteiger partial charge in [0.15, 0.2) is 0 Å². The Morgan fingerprint density at radius 3 is 2.70 bits per heavy atom. The maximum Gasteiger partial charge on any atom is 0.254 e. The van der Waals surface area contributed by atoms with Crippen LogP contribution in [0.25, 0.3) is 0 Å². The molecule has 0 aromatic heterocycles. The van der Waals surface area contributed by atoms with Crippen molar-refractivity contribution in [2.75, 3.05) is 6.54 Å². The summed E-state index contributed by atoms with van der Waals surface area (Å²) in [4.78, 5) is 26.0. The minimum Gasteiger partial charge on any atom is -0.335 e. The summed E-state index contributed by atoms with van der Waals surface area (Å²) in [6.07, 6.45) is 3.52. The van der Waals surface area contributed by atoms with Crippen molar-refractivity contribution in [2.45, 2.75) is 45.6 Å². The molecule has 1 aromatic carbocycles. The number of hydrogen-bond donors (Lipinski definition) is 0. The van der Waals surface area contributed by atoms with Gasteiger partial charge in [0.05, 0.1) is 0 Å². The third-order valence-corrected chi connectivity index (χ3v) is 4.16. The van der Waals surface area contributed by atoms with Gasteiger partial charge in [0, 0.05) is 29.0 Å². The zero-order valence-electron chi connectivity index (χ0n) is 12.0. The number of carbonyl (C=O) groups is 2. The van der Waals surface area contributed by atoms with Crippen LogP contribution in [0, 0.1) is 6.92 Å². The fourth-order valence-electron chi connectivity index (χ4n) is 2.84. The van der Waals surface area contributed by atoms with Gasteiger partial charge in [-0.25, -0.2) is 0 Å². The van der Waals surface area contributed by atoms with Crippen LogP contribution in [-0.4, -0.2) is 29.2 Å². The maximum atomic E-state index is 12.7. The minimum atomic E-state index is 0.0420. The highest BCUT2D eigenvalue weighted by atomic mass is 79.9. The standard InChI is InChI=1S/C16H20BrNO2/c1-11-7-13(10-14(17)8-11)16(20)18-6-4-3-5-15(18)9-12(2)19/h7-8,10,15H,3-6,9H2,1-2H3. The van der Waals surface area contributed by atoms with E-state index in [0.717, 1.165) is 35.8 Å². The molecule has 2 rings (SSSR count). The lowest BCUT2D eigenvalue weighted by atomic mass is 9.96. The molecule has 0 saturated carbocycles. The second-order valence-corrected chi connectivity index (χ2v) is 6.49. The second kappa shape index (κ2) is 6.53. The molecule has 1 atom stereocenters. The predicted molar refractivity (Wildman–Crippen MR) is 82.9 cm³/mol. The first-order chi connectivity index (χ1) is 9.47. The summed E-state index contributed by atoms with van der Waals surface area (Å²) in [7, 11) is 0. The summed E-state index contributed by atoms with van der Waals surface area (Å²) in [5.74, 6) is 0.195. The molecule has 4 heteroatoms. The van der Waals surface area contributed by atoms with E-state index in [1.54, 1.807) is 6.92 Å². The van der Waals surface area contributed by atoms with Crippen molar-refractivity contribution < 1.29 is 9.59 Å². The maximum absolute atomic E-state index is 12.7. The van der Waals surface area contributed by atoms with E-state index in [-0.39, 0.29) is 17.7 Å². The topological polar surface area (TPSA) is 37.4 Å². The van der Waals surface area contributed by atoms with Gasteiger partial charge in [0.2, 0.25) is 0 Å². The SMILES string of the molecule is CC(=O)CC1CCCCN1C(=O)c1cc(C)cc(Br)c1. The minimum absolute atomic E-state index is 0.0420. The Balaban J connectivity index is 2.22. The monoisotopic (exact) mass is 337 g/mol. The summed E-state index contributed by atoms with van der Waals surface area (Å²) < 4.78 is 0.918. The van der Waals surface area contributed by atoms with Gasteiger partial charge in [0.1, 0.15) is 5.78 Å². The highest BCUT2D eigenvalue weighted by molar-refractivity contribution is 9.10. The number of piperidine rings is 1. The van der Waals surface area contributed by atoms with Gasteiger partial charge >= 0.3 is 0 Å². The summed E-state index contributed by atoms with van der Waals surface area (Å²) in [5.41, 5.74) is 1.76. The Kier molecular flexibility index (Phi) is 4.97. The van der Waals surface area contributed by atoms with Gasteiger partial charge in [-0.1, -0.05) is 15.9 Å². The molecule has 0 aliphatic carbocycles. The fourth-order valence-corrected chi connectivity index (χ4v) is 3.45. The predicted octanol–water partition coefficient (Wildman–Crippen LogP) is 3.73. The number of benzene rings is 1. The van der Waals surface area contributed by atoms with Crippen molar-refractivity contribution in [3.05, 3.63) is 33.8 Å². The van der Waals surface area contributed by atoms with Crippen LogP contribution in [0.4, 0.5) is 0 Å². The molecule has 1 aliphatic rings. The molecule has 0 radical (unpaired) electrons. The van der Waals surface area contributed by atoms with Crippen molar-refractivity contribution in [1.82, 2.24) is 4.90 Å². The van der Waals surface area contributed by atoms with Crippen LogP contribution >= 0.6 is 15.9 Å². The van der Waals surface area contributed by atoms with E-state index in [4.69, 9.17) is 0 Å². The molecule has 0 bridgehead atoms. The quantitative estimate of drug-likeness (QED) is 0.842. The van der Waals surface area contributed by atoms with Crippen molar-refractivity contribution in [3.63, 3.8) is 0 Å². The molecule has 1 amide bonds. The van der Waals surface area contributed by atoms with Crippen LogP contribution < -0.4 is 0 Å². The van der Waals surface area contributed by atoms with Crippen LogP contribution in [-0.2, 0) is 4.79 Å². The summed E-state index contributed by atoms with van der Waals surface area (Å²) in [6.45, 7) is 4.33. The molecular weight excluding hydrogens is 318 g/mol. The van der Waals surface area contributed by atoms with Gasteiger partial charge in [-0.2, -0.15) is 0 Å². The highest BCUT2D eigenvalue weighted by Gasteiger charge is 2.28.